The third-order valence-corrected chi connectivity index (χ3v) is 3.23. The molecule has 0 heterocycles. The third-order valence-electron chi connectivity index (χ3n) is 2.91. The summed E-state index contributed by atoms with van der Waals surface area (Å²) in [5.41, 5.74) is 1.19. The summed E-state index contributed by atoms with van der Waals surface area (Å²) in [5, 5.41) is 20.9. The van der Waals surface area contributed by atoms with E-state index in [0.29, 0.717) is 5.56 Å². The minimum Gasteiger partial charge on any atom is -0.423 e. The maximum absolute atomic E-state index is 12.8. The first-order chi connectivity index (χ1) is 9.97. The second kappa shape index (κ2) is 6.71. The molecule has 0 aliphatic heterocycles. The highest BCUT2D eigenvalue weighted by molar-refractivity contribution is 6.62. The van der Waals surface area contributed by atoms with Gasteiger partial charge in [0.25, 0.3) is 5.91 Å². The smallest absolute Gasteiger partial charge is 0.423 e. The number of hydrogen-bond acceptors (Lipinski definition) is 3. The lowest BCUT2D eigenvalue weighted by Gasteiger charge is -2.08. The van der Waals surface area contributed by atoms with Gasteiger partial charge in [-0.15, -0.1) is 0 Å². The van der Waals surface area contributed by atoms with Crippen molar-refractivity contribution in [1.82, 2.24) is 5.32 Å². The molecule has 0 atom stereocenters. The van der Waals surface area contributed by atoms with Crippen LogP contribution in [0.3, 0.4) is 0 Å². The van der Waals surface area contributed by atoms with E-state index in [2.05, 4.69) is 5.32 Å². The van der Waals surface area contributed by atoms with Gasteiger partial charge in [0.05, 0.1) is 0 Å². The highest BCUT2D eigenvalue weighted by Crippen LogP contribution is 2.10. The second-order valence-electron chi connectivity index (χ2n) is 4.42. The highest BCUT2D eigenvalue weighted by atomic mass is 35.5. The molecule has 0 spiro atoms. The molecule has 7 heteroatoms. The molecule has 0 aromatic heterocycles. The second-order valence-corrected chi connectivity index (χ2v) is 4.83. The SMILES string of the molecule is O=C(NCc1ccc(F)cc1)c1ccc(B(O)O)c(Cl)c1. The number of carbonyl (C=O) groups is 1. The zero-order chi connectivity index (χ0) is 15.4. The Labute approximate surface area is 126 Å². The van der Waals surface area contributed by atoms with E-state index >= 15 is 0 Å². The lowest BCUT2D eigenvalue weighted by molar-refractivity contribution is 0.0951. The number of benzene rings is 2. The van der Waals surface area contributed by atoms with Crippen molar-refractivity contribution in [1.29, 1.82) is 0 Å². The van der Waals surface area contributed by atoms with E-state index in [9.17, 15) is 9.18 Å². The van der Waals surface area contributed by atoms with Crippen molar-refractivity contribution in [3.63, 3.8) is 0 Å². The van der Waals surface area contributed by atoms with E-state index in [4.69, 9.17) is 21.6 Å². The topological polar surface area (TPSA) is 69.6 Å². The molecule has 3 N–H and O–H groups in total. The summed E-state index contributed by atoms with van der Waals surface area (Å²) in [6, 6.07) is 9.96. The maximum Gasteiger partial charge on any atom is 0.489 e. The molecule has 2 aromatic carbocycles. The molecule has 1 amide bonds. The molecular formula is C14H12BClFNO3. The lowest BCUT2D eigenvalue weighted by Crippen LogP contribution is -2.31. The number of carbonyl (C=O) groups excluding carboxylic acids is 1. The predicted molar refractivity (Wildman–Crippen MR) is 78.8 cm³/mol. The summed E-state index contributed by atoms with van der Waals surface area (Å²) in [7, 11) is -1.69. The van der Waals surface area contributed by atoms with Crippen molar-refractivity contribution in [2.24, 2.45) is 0 Å². The molecule has 2 rings (SSSR count). The van der Waals surface area contributed by atoms with Gasteiger partial charge in [-0.05, 0) is 29.8 Å². The van der Waals surface area contributed by atoms with Gasteiger partial charge in [-0.2, -0.15) is 0 Å². The zero-order valence-electron chi connectivity index (χ0n) is 10.9. The van der Waals surface area contributed by atoms with Gasteiger partial charge in [-0.25, -0.2) is 4.39 Å². The molecule has 0 aliphatic carbocycles. The Kier molecular flexibility index (Phi) is 4.96. The van der Waals surface area contributed by atoms with Crippen molar-refractivity contribution in [3.8, 4) is 0 Å². The first-order valence-corrected chi connectivity index (χ1v) is 6.53. The van der Waals surface area contributed by atoms with Crippen LogP contribution >= 0.6 is 11.6 Å². The fraction of sp³-hybridized carbons (Fsp3) is 0.0714. The Bertz CT molecular complexity index is 649. The van der Waals surface area contributed by atoms with Crippen molar-refractivity contribution >= 4 is 30.1 Å². The summed E-state index contributed by atoms with van der Waals surface area (Å²) in [6.07, 6.45) is 0. The Morgan fingerprint density at radius 3 is 2.43 bits per heavy atom. The Balaban J connectivity index is 2.03. The van der Waals surface area contributed by atoms with Crippen LogP contribution < -0.4 is 10.8 Å². The van der Waals surface area contributed by atoms with E-state index in [1.54, 1.807) is 12.1 Å². The van der Waals surface area contributed by atoms with Crippen LogP contribution in [-0.4, -0.2) is 23.1 Å². The van der Waals surface area contributed by atoms with Gasteiger partial charge >= 0.3 is 7.12 Å². The number of hydrogen-bond donors (Lipinski definition) is 3. The lowest BCUT2D eigenvalue weighted by atomic mass is 9.80. The van der Waals surface area contributed by atoms with Crippen LogP contribution in [0.25, 0.3) is 0 Å². The molecule has 0 unspecified atom stereocenters. The number of amides is 1. The number of nitrogens with one attached hydrogen (secondary N) is 1. The van der Waals surface area contributed by atoms with Crippen LogP contribution in [0.2, 0.25) is 5.02 Å². The Morgan fingerprint density at radius 1 is 1.19 bits per heavy atom. The standard InChI is InChI=1S/C14H12BClFNO3/c16-13-7-10(3-6-12(13)15(20)21)14(19)18-8-9-1-4-11(17)5-2-9/h1-7,20-21H,8H2,(H,18,19). The summed E-state index contributed by atoms with van der Waals surface area (Å²) in [6.45, 7) is 0.251. The predicted octanol–water partition coefficient (Wildman–Crippen LogP) is 1.09. The largest absolute Gasteiger partial charge is 0.489 e. The quantitative estimate of drug-likeness (QED) is 0.741. The van der Waals surface area contributed by atoms with Crippen molar-refractivity contribution in [3.05, 3.63) is 64.4 Å². The Hall–Kier alpha value is -1.89. The van der Waals surface area contributed by atoms with Gasteiger partial charge in [0.15, 0.2) is 0 Å². The molecule has 2 aromatic rings. The third kappa shape index (κ3) is 4.04. The fourth-order valence-corrected chi connectivity index (χ4v) is 2.04. The summed E-state index contributed by atoms with van der Waals surface area (Å²) < 4.78 is 12.8. The van der Waals surface area contributed by atoms with Gasteiger partial charge < -0.3 is 15.4 Å². The van der Waals surface area contributed by atoms with Gasteiger partial charge in [-0.1, -0.05) is 29.8 Å². The molecule has 4 nitrogen and oxygen atoms in total. The molecule has 0 saturated heterocycles. The maximum atomic E-state index is 12.8. The first-order valence-electron chi connectivity index (χ1n) is 6.15. The average Bonchev–Trinajstić information content (AvgIpc) is 2.45. The zero-order valence-corrected chi connectivity index (χ0v) is 11.6. The molecule has 0 radical (unpaired) electrons. The summed E-state index contributed by atoms with van der Waals surface area (Å²) >= 11 is 5.86. The number of halogens is 2. The van der Waals surface area contributed by atoms with Gasteiger partial charge in [0.2, 0.25) is 0 Å². The van der Waals surface area contributed by atoms with Crippen molar-refractivity contribution < 1.29 is 19.2 Å². The minimum absolute atomic E-state index is 0.0967. The van der Waals surface area contributed by atoms with Crippen molar-refractivity contribution in [2.45, 2.75) is 6.54 Å². The molecule has 0 aliphatic rings. The fourth-order valence-electron chi connectivity index (χ4n) is 1.76. The summed E-state index contributed by atoms with van der Waals surface area (Å²) in [5.74, 6) is -0.699. The van der Waals surface area contributed by atoms with Crippen molar-refractivity contribution in [2.75, 3.05) is 0 Å². The van der Waals surface area contributed by atoms with Crippen LogP contribution in [0, 0.1) is 5.82 Å². The average molecular weight is 308 g/mol. The van der Waals surface area contributed by atoms with Crippen LogP contribution in [0.5, 0.6) is 0 Å². The van der Waals surface area contributed by atoms with E-state index < -0.39 is 7.12 Å². The minimum atomic E-state index is -1.69. The van der Waals surface area contributed by atoms with E-state index in [0.717, 1.165) is 5.56 Å². The molecule has 108 valence electrons. The molecule has 0 bridgehead atoms. The monoisotopic (exact) mass is 307 g/mol. The first kappa shape index (κ1) is 15.5. The molecular weight excluding hydrogens is 295 g/mol. The van der Waals surface area contributed by atoms with Gasteiger partial charge in [-0.3, -0.25) is 4.79 Å². The van der Waals surface area contributed by atoms with Gasteiger partial charge in [0, 0.05) is 22.6 Å². The van der Waals surface area contributed by atoms with Crippen LogP contribution in [-0.2, 0) is 6.54 Å². The summed E-state index contributed by atoms with van der Waals surface area (Å²) in [4.78, 5) is 11.9. The van der Waals surface area contributed by atoms with E-state index in [1.807, 2.05) is 0 Å². The molecule has 0 fully saturated rings. The molecule has 0 saturated carbocycles. The van der Waals surface area contributed by atoms with Gasteiger partial charge in [0.1, 0.15) is 5.82 Å². The number of rotatable bonds is 4. The molecule has 21 heavy (non-hydrogen) atoms. The normalized spacial score (nSPS) is 10.3. The van der Waals surface area contributed by atoms with E-state index in [-0.39, 0.29) is 28.8 Å². The van der Waals surface area contributed by atoms with Crippen LogP contribution in [0.1, 0.15) is 15.9 Å². The Morgan fingerprint density at radius 2 is 1.86 bits per heavy atom. The van der Waals surface area contributed by atoms with E-state index in [1.165, 1.54) is 30.3 Å². The highest BCUT2D eigenvalue weighted by Gasteiger charge is 2.16. The van der Waals surface area contributed by atoms with Crippen LogP contribution in [0.15, 0.2) is 42.5 Å². The van der Waals surface area contributed by atoms with Crippen LogP contribution in [0.4, 0.5) is 4.39 Å².